The highest BCUT2D eigenvalue weighted by Gasteiger charge is 2.10. The van der Waals surface area contributed by atoms with Crippen LogP contribution in [0.5, 0.6) is 0 Å². The molecule has 0 bridgehead atoms. The summed E-state index contributed by atoms with van der Waals surface area (Å²) >= 11 is 0. The lowest BCUT2D eigenvalue weighted by atomic mass is 10.2. The van der Waals surface area contributed by atoms with E-state index in [1.807, 2.05) is 31.2 Å². The van der Waals surface area contributed by atoms with Crippen LogP contribution in [-0.4, -0.2) is 8.42 Å². The Labute approximate surface area is 112 Å². The lowest BCUT2D eigenvalue weighted by Crippen LogP contribution is -2.12. The molecular weight excluding hydrogens is 262 g/mol. The van der Waals surface area contributed by atoms with E-state index in [1.165, 1.54) is 18.2 Å². The highest BCUT2D eigenvalue weighted by Crippen LogP contribution is 2.26. The van der Waals surface area contributed by atoms with E-state index in [2.05, 4.69) is 5.32 Å². The van der Waals surface area contributed by atoms with Gasteiger partial charge in [0.05, 0.1) is 16.3 Å². The molecule has 2 rings (SSSR count). The third kappa shape index (κ3) is 3.24. The van der Waals surface area contributed by atoms with Crippen molar-refractivity contribution in [3.63, 3.8) is 0 Å². The van der Waals surface area contributed by atoms with Gasteiger partial charge in [-0.1, -0.05) is 17.7 Å². The summed E-state index contributed by atoms with van der Waals surface area (Å²) in [7, 11) is -3.74. The summed E-state index contributed by atoms with van der Waals surface area (Å²) in [5, 5.41) is 8.16. The molecule has 0 fully saturated rings. The lowest BCUT2D eigenvalue weighted by Gasteiger charge is -2.11. The molecular formula is C13H15N3O2S. The normalized spacial score (nSPS) is 11.3. The SMILES string of the molecule is Cc1ccc(Nc2cc(S(N)(=O)=O)ccc2N)cc1. The van der Waals surface area contributed by atoms with Crippen LogP contribution in [0.25, 0.3) is 0 Å². The van der Waals surface area contributed by atoms with Gasteiger partial charge in [0.15, 0.2) is 0 Å². The maximum absolute atomic E-state index is 11.3. The summed E-state index contributed by atoms with van der Waals surface area (Å²) in [5.74, 6) is 0. The second-order valence-corrected chi connectivity index (χ2v) is 5.85. The number of nitrogen functional groups attached to an aromatic ring is 1. The molecule has 0 unspecified atom stereocenters. The van der Waals surface area contributed by atoms with Gasteiger partial charge in [0.1, 0.15) is 0 Å². The van der Waals surface area contributed by atoms with Crippen LogP contribution < -0.4 is 16.2 Å². The second-order valence-electron chi connectivity index (χ2n) is 4.29. The van der Waals surface area contributed by atoms with E-state index in [1.54, 1.807) is 0 Å². The van der Waals surface area contributed by atoms with E-state index in [0.717, 1.165) is 11.3 Å². The first-order chi connectivity index (χ1) is 8.86. The Kier molecular flexibility index (Phi) is 3.46. The van der Waals surface area contributed by atoms with Crippen LogP contribution >= 0.6 is 0 Å². The Morgan fingerprint density at radius 2 is 1.68 bits per heavy atom. The molecule has 0 radical (unpaired) electrons. The summed E-state index contributed by atoms with van der Waals surface area (Å²) in [5.41, 5.74) is 8.73. The molecule has 0 amide bonds. The Morgan fingerprint density at radius 1 is 1.05 bits per heavy atom. The molecule has 0 aliphatic carbocycles. The molecule has 5 N–H and O–H groups in total. The van der Waals surface area contributed by atoms with E-state index in [4.69, 9.17) is 10.9 Å². The van der Waals surface area contributed by atoms with Crippen molar-refractivity contribution in [2.45, 2.75) is 11.8 Å². The number of nitrogens with two attached hydrogens (primary N) is 2. The zero-order valence-corrected chi connectivity index (χ0v) is 11.2. The fourth-order valence-corrected chi connectivity index (χ4v) is 2.15. The van der Waals surface area contributed by atoms with E-state index in [9.17, 15) is 8.42 Å². The Morgan fingerprint density at radius 3 is 2.26 bits per heavy atom. The largest absolute Gasteiger partial charge is 0.397 e. The highest BCUT2D eigenvalue weighted by atomic mass is 32.2. The number of aryl methyl sites for hydroxylation is 1. The second kappa shape index (κ2) is 4.91. The highest BCUT2D eigenvalue weighted by molar-refractivity contribution is 7.89. The molecule has 0 aliphatic rings. The van der Waals surface area contributed by atoms with E-state index in [0.29, 0.717) is 11.4 Å². The van der Waals surface area contributed by atoms with E-state index >= 15 is 0 Å². The molecule has 0 spiro atoms. The summed E-state index contributed by atoms with van der Waals surface area (Å²) < 4.78 is 22.6. The third-order valence-electron chi connectivity index (χ3n) is 2.68. The maximum Gasteiger partial charge on any atom is 0.238 e. The summed E-state index contributed by atoms with van der Waals surface area (Å²) in [6.07, 6.45) is 0. The molecule has 6 heteroatoms. The van der Waals surface area contributed by atoms with Gasteiger partial charge in [-0.2, -0.15) is 0 Å². The summed E-state index contributed by atoms with van der Waals surface area (Å²) in [4.78, 5) is 0.0244. The van der Waals surface area contributed by atoms with Crippen molar-refractivity contribution in [1.29, 1.82) is 0 Å². The van der Waals surface area contributed by atoms with E-state index < -0.39 is 10.0 Å². The van der Waals surface area contributed by atoms with Crippen LogP contribution in [0, 0.1) is 6.92 Å². The molecule has 0 saturated carbocycles. The van der Waals surface area contributed by atoms with Crippen LogP contribution in [0.4, 0.5) is 17.1 Å². The third-order valence-corrected chi connectivity index (χ3v) is 3.59. The first-order valence-electron chi connectivity index (χ1n) is 5.62. The average Bonchev–Trinajstić information content (AvgIpc) is 2.33. The molecule has 2 aromatic rings. The zero-order valence-electron chi connectivity index (χ0n) is 10.4. The average molecular weight is 277 g/mol. The van der Waals surface area contributed by atoms with Gasteiger partial charge in [-0.05, 0) is 37.3 Å². The minimum Gasteiger partial charge on any atom is -0.397 e. The van der Waals surface area contributed by atoms with Gasteiger partial charge >= 0.3 is 0 Å². The molecule has 0 saturated heterocycles. The van der Waals surface area contributed by atoms with Crippen LogP contribution in [0.15, 0.2) is 47.4 Å². The summed E-state index contributed by atoms with van der Waals surface area (Å²) in [6.45, 7) is 1.99. The molecule has 0 heterocycles. The first-order valence-corrected chi connectivity index (χ1v) is 7.17. The van der Waals surface area contributed by atoms with Crippen molar-refractivity contribution >= 4 is 27.1 Å². The molecule has 5 nitrogen and oxygen atoms in total. The lowest BCUT2D eigenvalue weighted by molar-refractivity contribution is 0.598. The number of benzene rings is 2. The topological polar surface area (TPSA) is 98.2 Å². The minimum atomic E-state index is -3.74. The van der Waals surface area contributed by atoms with Crippen LogP contribution in [0.2, 0.25) is 0 Å². The molecule has 100 valence electrons. The van der Waals surface area contributed by atoms with Gasteiger partial charge < -0.3 is 11.1 Å². The molecule has 0 aromatic heterocycles. The van der Waals surface area contributed by atoms with Gasteiger partial charge in [-0.25, -0.2) is 13.6 Å². The van der Waals surface area contributed by atoms with Crippen LogP contribution in [0.1, 0.15) is 5.56 Å². The molecule has 19 heavy (non-hydrogen) atoms. The first kappa shape index (κ1) is 13.4. The number of anilines is 3. The van der Waals surface area contributed by atoms with Crippen molar-refractivity contribution in [2.75, 3.05) is 11.1 Å². The van der Waals surface area contributed by atoms with Gasteiger partial charge in [-0.15, -0.1) is 0 Å². The predicted molar refractivity (Wildman–Crippen MR) is 76.7 cm³/mol. The Hall–Kier alpha value is -2.05. The minimum absolute atomic E-state index is 0.0244. The zero-order chi connectivity index (χ0) is 14.0. The van der Waals surface area contributed by atoms with Gasteiger partial charge in [0.25, 0.3) is 0 Å². The van der Waals surface area contributed by atoms with Crippen molar-refractivity contribution in [2.24, 2.45) is 5.14 Å². The quantitative estimate of drug-likeness (QED) is 0.747. The van der Waals surface area contributed by atoms with Crippen molar-refractivity contribution in [3.05, 3.63) is 48.0 Å². The molecule has 2 aromatic carbocycles. The van der Waals surface area contributed by atoms with Crippen LogP contribution in [0.3, 0.4) is 0 Å². The summed E-state index contributed by atoms with van der Waals surface area (Å²) in [6, 6.07) is 12.0. The van der Waals surface area contributed by atoms with Crippen molar-refractivity contribution in [3.8, 4) is 0 Å². The van der Waals surface area contributed by atoms with Gasteiger partial charge in [0.2, 0.25) is 10.0 Å². The van der Waals surface area contributed by atoms with Gasteiger partial charge in [0, 0.05) is 5.69 Å². The smallest absolute Gasteiger partial charge is 0.238 e. The number of hydrogen-bond acceptors (Lipinski definition) is 4. The van der Waals surface area contributed by atoms with E-state index in [-0.39, 0.29) is 4.90 Å². The van der Waals surface area contributed by atoms with Crippen LogP contribution in [-0.2, 0) is 10.0 Å². The maximum atomic E-state index is 11.3. The number of rotatable bonds is 3. The number of hydrogen-bond donors (Lipinski definition) is 3. The monoisotopic (exact) mass is 277 g/mol. The number of nitrogens with one attached hydrogen (secondary N) is 1. The fourth-order valence-electron chi connectivity index (χ4n) is 1.61. The fraction of sp³-hybridized carbons (Fsp3) is 0.0769. The molecule has 0 atom stereocenters. The Bertz CT molecular complexity index is 694. The number of primary sulfonamides is 1. The Balaban J connectivity index is 2.37. The molecule has 0 aliphatic heterocycles. The number of sulfonamides is 1. The standard InChI is InChI=1S/C13H15N3O2S/c1-9-2-4-10(5-3-9)16-13-8-11(19(15,17)18)6-7-12(13)14/h2-8,16H,14H2,1H3,(H2,15,17,18). The van der Waals surface area contributed by atoms with Crippen molar-refractivity contribution in [1.82, 2.24) is 0 Å². The van der Waals surface area contributed by atoms with Gasteiger partial charge in [-0.3, -0.25) is 0 Å². The predicted octanol–water partition coefficient (Wildman–Crippen LogP) is 1.97. The van der Waals surface area contributed by atoms with Crippen molar-refractivity contribution < 1.29 is 8.42 Å².